The topological polar surface area (TPSA) is 24.5 Å². The highest BCUT2D eigenvalue weighted by Crippen LogP contribution is 2.16. The third-order valence-electron chi connectivity index (χ3n) is 3.36. The first kappa shape index (κ1) is 13.9. The summed E-state index contributed by atoms with van der Waals surface area (Å²) in [4.78, 5) is 2.64. The second kappa shape index (κ2) is 8.04. The van der Waals surface area contributed by atoms with Crippen molar-refractivity contribution in [1.82, 2.24) is 10.2 Å². The zero-order valence-electron chi connectivity index (χ0n) is 11.2. The van der Waals surface area contributed by atoms with Crippen molar-refractivity contribution < 1.29 is 4.74 Å². The van der Waals surface area contributed by atoms with Gasteiger partial charge in [0, 0.05) is 25.7 Å². The van der Waals surface area contributed by atoms with Gasteiger partial charge in [0.15, 0.2) is 0 Å². The van der Waals surface area contributed by atoms with Crippen molar-refractivity contribution in [3.8, 4) is 0 Å². The number of nitrogens with one attached hydrogen (secondary N) is 1. The van der Waals surface area contributed by atoms with Gasteiger partial charge in [-0.15, -0.1) is 0 Å². The fourth-order valence-corrected chi connectivity index (χ4v) is 2.60. The molecule has 1 atom stereocenters. The molecule has 1 heterocycles. The van der Waals surface area contributed by atoms with E-state index in [-0.39, 0.29) is 0 Å². The van der Waals surface area contributed by atoms with Gasteiger partial charge in [0.1, 0.15) is 0 Å². The molecule has 0 aromatic heterocycles. The molecule has 1 rings (SSSR count). The molecule has 3 heteroatoms. The van der Waals surface area contributed by atoms with E-state index < -0.39 is 0 Å². The van der Waals surface area contributed by atoms with Crippen molar-refractivity contribution in [3.63, 3.8) is 0 Å². The highest BCUT2D eigenvalue weighted by atomic mass is 16.5. The summed E-state index contributed by atoms with van der Waals surface area (Å²) in [7, 11) is 2.00. The van der Waals surface area contributed by atoms with E-state index in [1.165, 1.54) is 25.7 Å². The van der Waals surface area contributed by atoms with Gasteiger partial charge >= 0.3 is 0 Å². The second-order valence-electron chi connectivity index (χ2n) is 4.78. The smallest absolute Gasteiger partial charge is 0.0826 e. The van der Waals surface area contributed by atoms with Crippen LogP contribution >= 0.6 is 0 Å². The highest BCUT2D eigenvalue weighted by molar-refractivity contribution is 4.79. The van der Waals surface area contributed by atoms with Crippen LogP contribution in [0, 0.1) is 0 Å². The van der Waals surface area contributed by atoms with Gasteiger partial charge < -0.3 is 10.1 Å². The summed E-state index contributed by atoms with van der Waals surface area (Å²) in [5.41, 5.74) is 0. The van der Waals surface area contributed by atoms with Gasteiger partial charge in [-0.05, 0) is 19.9 Å². The number of rotatable bonds is 7. The van der Waals surface area contributed by atoms with Gasteiger partial charge in [0.05, 0.1) is 12.7 Å². The molecule has 1 fully saturated rings. The van der Waals surface area contributed by atoms with Crippen molar-refractivity contribution in [2.75, 3.05) is 33.3 Å². The number of hydrogen-bond donors (Lipinski definition) is 1. The van der Waals surface area contributed by atoms with Crippen LogP contribution in [0.3, 0.4) is 0 Å². The Morgan fingerprint density at radius 1 is 1.31 bits per heavy atom. The van der Waals surface area contributed by atoms with Crippen LogP contribution in [0.4, 0.5) is 0 Å². The Bertz CT molecular complexity index is 167. The SMILES string of the molecule is CCCC(CCC)N1CCOC(CNC)C1. The molecule has 0 amide bonds. The molecule has 0 radical (unpaired) electrons. The Hall–Kier alpha value is -0.120. The van der Waals surface area contributed by atoms with E-state index in [2.05, 4.69) is 24.1 Å². The van der Waals surface area contributed by atoms with Gasteiger partial charge in [-0.3, -0.25) is 4.90 Å². The molecule has 96 valence electrons. The van der Waals surface area contributed by atoms with E-state index in [4.69, 9.17) is 4.74 Å². The number of ether oxygens (including phenoxy) is 1. The molecule has 0 aliphatic carbocycles. The van der Waals surface area contributed by atoms with Crippen molar-refractivity contribution in [1.29, 1.82) is 0 Å². The highest BCUT2D eigenvalue weighted by Gasteiger charge is 2.24. The first-order valence-corrected chi connectivity index (χ1v) is 6.82. The van der Waals surface area contributed by atoms with Crippen molar-refractivity contribution in [3.05, 3.63) is 0 Å². The molecular formula is C13H28N2O. The zero-order valence-corrected chi connectivity index (χ0v) is 11.2. The van der Waals surface area contributed by atoms with Gasteiger partial charge in [-0.2, -0.15) is 0 Å². The Morgan fingerprint density at radius 3 is 2.56 bits per heavy atom. The quantitative estimate of drug-likeness (QED) is 0.720. The van der Waals surface area contributed by atoms with Crippen LogP contribution in [0.2, 0.25) is 0 Å². The monoisotopic (exact) mass is 228 g/mol. The average molecular weight is 228 g/mol. The Morgan fingerprint density at radius 2 is 2.00 bits per heavy atom. The van der Waals surface area contributed by atoms with Crippen molar-refractivity contribution >= 4 is 0 Å². The van der Waals surface area contributed by atoms with E-state index in [1.807, 2.05) is 7.05 Å². The lowest BCUT2D eigenvalue weighted by Gasteiger charge is -2.38. The molecule has 1 aliphatic heterocycles. The number of nitrogens with zero attached hydrogens (tertiary/aromatic N) is 1. The van der Waals surface area contributed by atoms with E-state index in [9.17, 15) is 0 Å². The Balaban J connectivity index is 2.42. The molecule has 16 heavy (non-hydrogen) atoms. The van der Waals surface area contributed by atoms with E-state index in [1.54, 1.807) is 0 Å². The normalized spacial score (nSPS) is 22.9. The molecule has 0 bridgehead atoms. The van der Waals surface area contributed by atoms with E-state index in [0.29, 0.717) is 6.10 Å². The third kappa shape index (κ3) is 4.40. The molecule has 3 nitrogen and oxygen atoms in total. The average Bonchev–Trinajstić information content (AvgIpc) is 2.30. The standard InChI is InChI=1S/C13H28N2O/c1-4-6-12(7-5-2)15-8-9-16-13(11-15)10-14-3/h12-14H,4-11H2,1-3H3. The van der Waals surface area contributed by atoms with Crippen LogP contribution in [0.5, 0.6) is 0 Å². The first-order chi connectivity index (χ1) is 7.81. The van der Waals surface area contributed by atoms with Crippen LogP contribution in [-0.4, -0.2) is 50.3 Å². The fourth-order valence-electron chi connectivity index (χ4n) is 2.60. The molecule has 0 spiro atoms. The lowest BCUT2D eigenvalue weighted by atomic mass is 10.0. The Labute approximate surface area is 101 Å². The van der Waals surface area contributed by atoms with Crippen LogP contribution in [-0.2, 0) is 4.74 Å². The predicted octanol–water partition coefficient (Wildman–Crippen LogP) is 1.88. The lowest BCUT2D eigenvalue weighted by Crippen LogP contribution is -2.50. The summed E-state index contributed by atoms with van der Waals surface area (Å²) in [6, 6.07) is 0.776. The second-order valence-corrected chi connectivity index (χ2v) is 4.78. The summed E-state index contributed by atoms with van der Waals surface area (Å²) in [6.07, 6.45) is 5.63. The fraction of sp³-hybridized carbons (Fsp3) is 1.00. The maximum atomic E-state index is 5.75. The van der Waals surface area contributed by atoms with Gasteiger partial charge in [0.25, 0.3) is 0 Å². The Kier molecular flexibility index (Phi) is 7.01. The maximum Gasteiger partial charge on any atom is 0.0826 e. The minimum absolute atomic E-state index is 0.384. The maximum absolute atomic E-state index is 5.75. The van der Waals surface area contributed by atoms with Crippen molar-refractivity contribution in [2.24, 2.45) is 0 Å². The van der Waals surface area contributed by atoms with E-state index >= 15 is 0 Å². The van der Waals surface area contributed by atoms with Crippen LogP contribution in [0.15, 0.2) is 0 Å². The van der Waals surface area contributed by atoms with Crippen LogP contribution in [0.25, 0.3) is 0 Å². The summed E-state index contributed by atoms with van der Waals surface area (Å²) in [5, 5.41) is 3.21. The van der Waals surface area contributed by atoms with Gasteiger partial charge in [0.2, 0.25) is 0 Å². The zero-order chi connectivity index (χ0) is 11.8. The van der Waals surface area contributed by atoms with Crippen molar-refractivity contribution in [2.45, 2.75) is 51.7 Å². The molecule has 1 saturated heterocycles. The van der Waals surface area contributed by atoms with Crippen LogP contribution < -0.4 is 5.32 Å². The summed E-state index contributed by atoms with van der Waals surface area (Å²) < 4.78 is 5.75. The van der Waals surface area contributed by atoms with Gasteiger partial charge in [-0.25, -0.2) is 0 Å². The summed E-state index contributed by atoms with van der Waals surface area (Å²) in [5.74, 6) is 0. The number of hydrogen-bond acceptors (Lipinski definition) is 3. The summed E-state index contributed by atoms with van der Waals surface area (Å²) >= 11 is 0. The van der Waals surface area contributed by atoms with Gasteiger partial charge in [-0.1, -0.05) is 26.7 Å². The largest absolute Gasteiger partial charge is 0.374 e. The van der Waals surface area contributed by atoms with E-state index in [0.717, 1.165) is 32.3 Å². The molecule has 0 aromatic carbocycles. The predicted molar refractivity (Wildman–Crippen MR) is 68.8 cm³/mol. The number of morpholine rings is 1. The molecule has 1 aliphatic rings. The molecule has 0 saturated carbocycles. The summed E-state index contributed by atoms with van der Waals surface area (Å²) in [6.45, 7) is 8.66. The molecule has 1 unspecified atom stereocenters. The third-order valence-corrected chi connectivity index (χ3v) is 3.36. The molecule has 0 aromatic rings. The minimum Gasteiger partial charge on any atom is -0.374 e. The number of likely N-dealkylation sites (N-methyl/N-ethyl adjacent to an activating group) is 1. The lowest BCUT2D eigenvalue weighted by molar-refractivity contribution is -0.0436. The molecular weight excluding hydrogens is 200 g/mol. The minimum atomic E-state index is 0.384. The van der Waals surface area contributed by atoms with Crippen LogP contribution in [0.1, 0.15) is 39.5 Å². The molecule has 1 N–H and O–H groups in total. The first-order valence-electron chi connectivity index (χ1n) is 6.82.